The maximum atomic E-state index is 2.48. The molecule has 12 rings (SSSR count). The predicted molar refractivity (Wildman–Crippen MR) is 270 cm³/mol. The molecule has 10 aromatic rings. The summed E-state index contributed by atoms with van der Waals surface area (Å²) in [6.45, 7) is 0. The van der Waals surface area contributed by atoms with E-state index in [1.807, 2.05) is 0 Å². The fourth-order valence-corrected chi connectivity index (χ4v) is 10.4. The number of nitrogens with zero attached hydrogens (tertiary/aromatic N) is 1. The number of anilines is 3. The first-order chi connectivity index (χ1) is 31.3. The standard InChI is InChI=1S/C62H45N/c1-5-18-43(19-6-1)56-41-57(44-20-7-2-8-21-44)61-54-30-16-15-29-53(54)58-40-49(35-37-55(58)62(61)60(56)45-23-9-3-10-24-45)46-32-33-48-39-51(36-34-47(48)38-46)63(50-26-11-4-12-27-50)59-31-17-25-42-22-13-14-28-52(42)59/h1-13,16-27,30-41H,14-15,28-29H2. The monoisotopic (exact) mass is 803 g/mol. The number of aryl methyl sites for hydroxylation is 1. The topological polar surface area (TPSA) is 3.24 Å². The second-order valence-corrected chi connectivity index (χ2v) is 17.0. The molecule has 0 saturated carbocycles. The normalized spacial score (nSPS) is 13.0. The molecule has 0 aliphatic heterocycles. The fourth-order valence-electron chi connectivity index (χ4n) is 10.4. The van der Waals surface area contributed by atoms with Crippen molar-refractivity contribution in [2.75, 3.05) is 4.90 Å². The van der Waals surface area contributed by atoms with Gasteiger partial charge in [-0.1, -0.05) is 176 Å². The Morgan fingerprint density at radius 1 is 0.365 bits per heavy atom. The Labute approximate surface area is 369 Å². The number of rotatable bonds is 7. The molecule has 0 amide bonds. The fraction of sp³-hybridized carbons (Fsp3) is 0.0645. The van der Waals surface area contributed by atoms with E-state index in [1.165, 1.54) is 116 Å². The maximum Gasteiger partial charge on any atom is 0.0499 e. The number of fused-ring (bicyclic) bond motifs is 8. The second-order valence-electron chi connectivity index (χ2n) is 17.0. The number of hydrogen-bond donors (Lipinski definition) is 0. The molecule has 2 aliphatic rings. The van der Waals surface area contributed by atoms with Gasteiger partial charge in [-0.25, -0.2) is 0 Å². The van der Waals surface area contributed by atoms with E-state index in [2.05, 4.69) is 229 Å². The zero-order chi connectivity index (χ0) is 41.7. The third kappa shape index (κ3) is 6.48. The molecule has 0 atom stereocenters. The van der Waals surface area contributed by atoms with Crippen LogP contribution >= 0.6 is 0 Å². The van der Waals surface area contributed by atoms with Crippen LogP contribution in [-0.4, -0.2) is 0 Å². The zero-order valence-electron chi connectivity index (χ0n) is 35.1. The van der Waals surface area contributed by atoms with Crippen LogP contribution in [0.25, 0.3) is 89.0 Å². The summed E-state index contributed by atoms with van der Waals surface area (Å²) < 4.78 is 0. The lowest BCUT2D eigenvalue weighted by Crippen LogP contribution is -2.13. The molecule has 1 nitrogen and oxygen atoms in total. The summed E-state index contributed by atoms with van der Waals surface area (Å²) >= 11 is 0. The highest BCUT2D eigenvalue weighted by atomic mass is 15.1. The van der Waals surface area contributed by atoms with Crippen molar-refractivity contribution >= 4 is 61.5 Å². The lowest BCUT2D eigenvalue weighted by Gasteiger charge is -2.29. The molecule has 0 bridgehead atoms. The summed E-state index contributed by atoms with van der Waals surface area (Å²) in [5, 5.41) is 7.77. The van der Waals surface area contributed by atoms with Crippen LogP contribution in [0.2, 0.25) is 0 Å². The molecule has 0 spiro atoms. The van der Waals surface area contributed by atoms with Crippen LogP contribution in [0, 0.1) is 0 Å². The van der Waals surface area contributed by atoms with Crippen LogP contribution in [0.4, 0.5) is 17.1 Å². The summed E-state index contributed by atoms with van der Waals surface area (Å²) in [6, 6.07) is 74.2. The van der Waals surface area contributed by atoms with Gasteiger partial charge in [0.05, 0.1) is 0 Å². The summed E-state index contributed by atoms with van der Waals surface area (Å²) in [4.78, 5) is 2.44. The third-order valence-electron chi connectivity index (χ3n) is 13.3. The molecular weight excluding hydrogens is 759 g/mol. The summed E-state index contributed by atoms with van der Waals surface area (Å²) in [7, 11) is 0. The molecule has 298 valence electrons. The van der Waals surface area contributed by atoms with Crippen molar-refractivity contribution in [3.05, 3.63) is 235 Å². The molecule has 0 aromatic heterocycles. The van der Waals surface area contributed by atoms with E-state index in [9.17, 15) is 0 Å². The van der Waals surface area contributed by atoms with Crippen LogP contribution in [0.5, 0.6) is 0 Å². The average molecular weight is 804 g/mol. The van der Waals surface area contributed by atoms with Gasteiger partial charge in [0.1, 0.15) is 0 Å². The van der Waals surface area contributed by atoms with Crippen molar-refractivity contribution in [2.45, 2.75) is 25.7 Å². The Hall–Kier alpha value is -7.74. The average Bonchev–Trinajstić information content (AvgIpc) is 3.37. The van der Waals surface area contributed by atoms with Crippen LogP contribution in [0.1, 0.15) is 35.1 Å². The van der Waals surface area contributed by atoms with Crippen molar-refractivity contribution in [2.24, 2.45) is 0 Å². The summed E-state index contributed by atoms with van der Waals surface area (Å²) in [6.07, 6.45) is 13.5. The highest BCUT2D eigenvalue weighted by molar-refractivity contribution is 6.25. The van der Waals surface area contributed by atoms with E-state index in [0.29, 0.717) is 0 Å². The molecule has 10 aromatic carbocycles. The molecule has 0 unspecified atom stereocenters. The lowest BCUT2D eigenvalue weighted by atomic mass is 9.78. The first kappa shape index (κ1) is 37.1. The highest BCUT2D eigenvalue weighted by Gasteiger charge is 2.25. The molecular formula is C62H45N. The van der Waals surface area contributed by atoms with Gasteiger partial charge in [0.15, 0.2) is 0 Å². The van der Waals surface area contributed by atoms with Crippen molar-refractivity contribution in [1.29, 1.82) is 0 Å². The van der Waals surface area contributed by atoms with Gasteiger partial charge in [0.2, 0.25) is 0 Å². The van der Waals surface area contributed by atoms with Gasteiger partial charge in [-0.05, 0) is 173 Å². The van der Waals surface area contributed by atoms with Crippen LogP contribution in [-0.2, 0) is 12.8 Å². The molecule has 2 aliphatic carbocycles. The Balaban J connectivity index is 1.05. The van der Waals surface area contributed by atoms with Gasteiger partial charge in [-0.15, -0.1) is 0 Å². The minimum Gasteiger partial charge on any atom is -0.310 e. The minimum atomic E-state index is 1.01. The van der Waals surface area contributed by atoms with Crippen LogP contribution in [0.15, 0.2) is 212 Å². The quantitative estimate of drug-likeness (QED) is 0.145. The van der Waals surface area contributed by atoms with Gasteiger partial charge < -0.3 is 4.90 Å². The van der Waals surface area contributed by atoms with E-state index in [0.717, 1.165) is 25.7 Å². The van der Waals surface area contributed by atoms with Crippen molar-refractivity contribution in [3.8, 4) is 44.5 Å². The molecule has 0 saturated heterocycles. The third-order valence-corrected chi connectivity index (χ3v) is 13.3. The first-order valence-electron chi connectivity index (χ1n) is 22.4. The molecule has 0 radical (unpaired) electrons. The SMILES string of the molecule is C1=Cc2cccc(N(c3ccccc3)c3ccc4cc(-c5ccc6c(c5)c5c(c7c(-c8ccccc8)cc(-c8ccccc8)c(-c8ccccc8)c76)C=CCC5)ccc4c3)c2CC1. The lowest BCUT2D eigenvalue weighted by molar-refractivity contribution is 0.979. The Morgan fingerprint density at radius 2 is 0.984 bits per heavy atom. The molecule has 0 N–H and O–H groups in total. The number of para-hydroxylation sites is 1. The minimum absolute atomic E-state index is 1.01. The van der Waals surface area contributed by atoms with Gasteiger partial charge in [0, 0.05) is 17.1 Å². The summed E-state index contributed by atoms with van der Waals surface area (Å²) in [5.74, 6) is 0. The number of hydrogen-bond acceptors (Lipinski definition) is 1. The highest BCUT2D eigenvalue weighted by Crippen LogP contribution is 2.50. The van der Waals surface area contributed by atoms with E-state index >= 15 is 0 Å². The van der Waals surface area contributed by atoms with Gasteiger partial charge in [-0.3, -0.25) is 0 Å². The van der Waals surface area contributed by atoms with Crippen molar-refractivity contribution < 1.29 is 0 Å². The smallest absolute Gasteiger partial charge is 0.0499 e. The van der Waals surface area contributed by atoms with E-state index < -0.39 is 0 Å². The number of benzene rings is 10. The van der Waals surface area contributed by atoms with Gasteiger partial charge in [0.25, 0.3) is 0 Å². The molecule has 63 heavy (non-hydrogen) atoms. The first-order valence-corrected chi connectivity index (χ1v) is 22.4. The van der Waals surface area contributed by atoms with Gasteiger partial charge >= 0.3 is 0 Å². The zero-order valence-corrected chi connectivity index (χ0v) is 35.1. The second kappa shape index (κ2) is 15.6. The molecule has 0 heterocycles. The Bertz CT molecular complexity index is 3420. The Morgan fingerprint density at radius 3 is 1.75 bits per heavy atom. The van der Waals surface area contributed by atoms with E-state index in [4.69, 9.17) is 0 Å². The van der Waals surface area contributed by atoms with Gasteiger partial charge in [-0.2, -0.15) is 0 Å². The van der Waals surface area contributed by atoms with Crippen LogP contribution < -0.4 is 4.90 Å². The van der Waals surface area contributed by atoms with Crippen LogP contribution in [0.3, 0.4) is 0 Å². The largest absolute Gasteiger partial charge is 0.310 e. The van der Waals surface area contributed by atoms with E-state index in [1.54, 1.807) is 0 Å². The van der Waals surface area contributed by atoms with E-state index in [-0.39, 0.29) is 0 Å². The molecule has 1 heteroatoms. The Kier molecular flexibility index (Phi) is 9.19. The summed E-state index contributed by atoms with van der Waals surface area (Å²) in [5.41, 5.74) is 19.1. The van der Waals surface area contributed by atoms with Crippen molar-refractivity contribution in [3.63, 3.8) is 0 Å². The predicted octanol–water partition coefficient (Wildman–Crippen LogP) is 17.2. The number of allylic oxidation sites excluding steroid dienone is 2. The van der Waals surface area contributed by atoms with Crippen molar-refractivity contribution in [1.82, 2.24) is 0 Å². The maximum absolute atomic E-state index is 2.48. The molecule has 0 fully saturated rings.